The van der Waals surface area contributed by atoms with E-state index in [2.05, 4.69) is 27.2 Å². The molecule has 1 heterocycles. The molecule has 2 aromatic rings. The van der Waals surface area contributed by atoms with E-state index in [1.807, 2.05) is 44.4 Å². The van der Waals surface area contributed by atoms with Crippen LogP contribution in [-0.2, 0) is 5.41 Å². The predicted octanol–water partition coefficient (Wildman–Crippen LogP) is 5.35. The van der Waals surface area contributed by atoms with Gasteiger partial charge in [0.05, 0.1) is 23.1 Å². The quantitative estimate of drug-likeness (QED) is 0.459. The molecule has 0 spiro atoms. The highest BCUT2D eigenvalue weighted by molar-refractivity contribution is 6.31. The normalized spacial score (nSPS) is 18.0. The molecule has 2 aromatic carbocycles. The van der Waals surface area contributed by atoms with Gasteiger partial charge in [-0.25, -0.2) is 4.39 Å². The molecule has 2 N–H and O–H groups in total. The van der Waals surface area contributed by atoms with Crippen molar-refractivity contribution in [3.63, 3.8) is 0 Å². The summed E-state index contributed by atoms with van der Waals surface area (Å²) in [4.78, 5) is 2.07. The zero-order valence-electron chi connectivity index (χ0n) is 17.7. The lowest BCUT2D eigenvalue weighted by atomic mass is 9.94. The molecule has 1 aliphatic heterocycles. The van der Waals surface area contributed by atoms with Gasteiger partial charge in [0.25, 0.3) is 0 Å². The number of hydrogen-bond acceptors (Lipinski definition) is 4. The smallest absolute Gasteiger partial charge is 0.125 e. The molecule has 0 radical (unpaired) electrons. The van der Waals surface area contributed by atoms with Gasteiger partial charge < -0.3 is 10.2 Å². The summed E-state index contributed by atoms with van der Waals surface area (Å²) in [6.45, 7) is 5.96. The van der Waals surface area contributed by atoms with Crippen molar-refractivity contribution in [1.29, 1.82) is 0 Å². The molecule has 160 valence electrons. The minimum absolute atomic E-state index is 0.0554. The number of allylic oxidation sites excluding steroid dienone is 1. The van der Waals surface area contributed by atoms with Crippen molar-refractivity contribution in [3.05, 3.63) is 65.5 Å². The van der Waals surface area contributed by atoms with Gasteiger partial charge in [-0.1, -0.05) is 23.7 Å². The van der Waals surface area contributed by atoms with Gasteiger partial charge in [-0.15, -0.1) is 6.58 Å². The summed E-state index contributed by atoms with van der Waals surface area (Å²) in [5.74, 6) is -0.240. The Morgan fingerprint density at radius 2 is 1.87 bits per heavy atom. The number of nitrogens with one attached hydrogen (secondary N) is 2. The fourth-order valence-electron chi connectivity index (χ4n) is 4.36. The summed E-state index contributed by atoms with van der Waals surface area (Å²) < 4.78 is 14.3. The number of piperidine rings is 1. The molecule has 6 heteroatoms. The lowest BCUT2D eigenvalue weighted by molar-refractivity contribution is 0.442. The summed E-state index contributed by atoms with van der Waals surface area (Å²) >= 11 is 6.31. The standard InChI is InChI=1S/C24H30ClFN4/c1-4-24(11-12-24)20-7-6-18(26)16-21(20)28-30(19-9-13-27-14-10-19)22-8-5-17(25)15-23(22)29(2)3/h4-8,15-16,19,27-28H,1,9-14H2,2-3H3. The molecule has 0 bridgehead atoms. The van der Waals surface area contributed by atoms with Crippen LogP contribution in [0, 0.1) is 5.82 Å². The predicted molar refractivity (Wildman–Crippen MR) is 125 cm³/mol. The second-order valence-electron chi connectivity index (χ2n) is 8.54. The number of anilines is 3. The third-order valence-corrected chi connectivity index (χ3v) is 6.53. The SMILES string of the molecule is C=CC1(c2ccc(F)cc2NN(c2ccc(Cl)cc2N(C)C)C2CCNCC2)CC1. The number of hydrazine groups is 1. The van der Waals surface area contributed by atoms with E-state index < -0.39 is 0 Å². The van der Waals surface area contributed by atoms with Crippen LogP contribution in [0.1, 0.15) is 31.2 Å². The maximum atomic E-state index is 14.3. The van der Waals surface area contributed by atoms with Gasteiger partial charge in [0.2, 0.25) is 0 Å². The van der Waals surface area contributed by atoms with Gasteiger partial charge in [-0.2, -0.15) is 0 Å². The van der Waals surface area contributed by atoms with Crippen molar-refractivity contribution < 1.29 is 4.39 Å². The van der Waals surface area contributed by atoms with E-state index in [4.69, 9.17) is 11.6 Å². The van der Waals surface area contributed by atoms with Crippen molar-refractivity contribution in [2.75, 3.05) is 42.5 Å². The Morgan fingerprint density at radius 3 is 2.50 bits per heavy atom. The highest BCUT2D eigenvalue weighted by Gasteiger charge is 2.43. The van der Waals surface area contributed by atoms with Gasteiger partial charge in [-0.3, -0.25) is 10.4 Å². The maximum Gasteiger partial charge on any atom is 0.125 e. The molecule has 0 atom stereocenters. The zero-order chi connectivity index (χ0) is 21.3. The Bertz CT molecular complexity index is 919. The minimum Gasteiger partial charge on any atom is -0.376 e. The zero-order valence-corrected chi connectivity index (χ0v) is 18.5. The Morgan fingerprint density at radius 1 is 1.13 bits per heavy atom. The van der Waals surface area contributed by atoms with Gasteiger partial charge in [0.1, 0.15) is 5.82 Å². The topological polar surface area (TPSA) is 30.5 Å². The minimum atomic E-state index is -0.240. The molecule has 0 aromatic heterocycles. The van der Waals surface area contributed by atoms with Gasteiger partial charge in [0.15, 0.2) is 0 Å². The highest BCUT2D eigenvalue weighted by Crippen LogP contribution is 2.52. The van der Waals surface area contributed by atoms with Gasteiger partial charge >= 0.3 is 0 Å². The summed E-state index contributed by atoms with van der Waals surface area (Å²) in [5, 5.41) is 6.35. The lowest BCUT2D eigenvalue weighted by Crippen LogP contribution is -2.47. The van der Waals surface area contributed by atoms with Crippen LogP contribution >= 0.6 is 11.6 Å². The van der Waals surface area contributed by atoms with Gasteiger partial charge in [-0.05, 0) is 74.7 Å². The fourth-order valence-corrected chi connectivity index (χ4v) is 4.53. The molecule has 0 unspecified atom stereocenters. The van der Waals surface area contributed by atoms with Crippen LogP contribution in [0.2, 0.25) is 5.02 Å². The first-order chi connectivity index (χ1) is 14.4. The third kappa shape index (κ3) is 4.14. The summed E-state index contributed by atoms with van der Waals surface area (Å²) in [5.41, 5.74) is 7.54. The number of benzene rings is 2. The molecular formula is C24H30ClFN4. The lowest BCUT2D eigenvalue weighted by Gasteiger charge is -2.39. The molecular weight excluding hydrogens is 399 g/mol. The molecule has 1 saturated heterocycles. The van der Waals surface area contributed by atoms with E-state index in [-0.39, 0.29) is 17.3 Å². The number of halogens is 2. The van der Waals surface area contributed by atoms with E-state index in [0.717, 1.165) is 61.4 Å². The van der Waals surface area contributed by atoms with Crippen LogP contribution < -0.4 is 20.7 Å². The third-order valence-electron chi connectivity index (χ3n) is 6.29. The summed E-state index contributed by atoms with van der Waals surface area (Å²) in [6, 6.07) is 11.3. The molecule has 1 aliphatic carbocycles. The fraction of sp³-hybridized carbons (Fsp3) is 0.417. The van der Waals surface area contributed by atoms with E-state index >= 15 is 0 Å². The molecule has 1 saturated carbocycles. The molecule has 4 nitrogen and oxygen atoms in total. The number of hydrogen-bond donors (Lipinski definition) is 2. The van der Waals surface area contributed by atoms with Crippen LogP contribution in [0.4, 0.5) is 21.5 Å². The molecule has 2 aliphatic rings. The van der Waals surface area contributed by atoms with Crippen LogP contribution in [0.3, 0.4) is 0 Å². The monoisotopic (exact) mass is 428 g/mol. The van der Waals surface area contributed by atoms with Crippen molar-refractivity contribution >= 4 is 28.7 Å². The summed E-state index contributed by atoms with van der Waals surface area (Å²) in [7, 11) is 4.03. The highest BCUT2D eigenvalue weighted by atomic mass is 35.5. The maximum absolute atomic E-state index is 14.3. The number of rotatable bonds is 7. The Hall–Kier alpha value is -2.24. The van der Waals surface area contributed by atoms with Crippen molar-refractivity contribution in [3.8, 4) is 0 Å². The molecule has 4 rings (SSSR count). The van der Waals surface area contributed by atoms with Crippen LogP contribution in [0.5, 0.6) is 0 Å². The van der Waals surface area contributed by atoms with Crippen LogP contribution in [0.15, 0.2) is 49.1 Å². The average molecular weight is 429 g/mol. The largest absolute Gasteiger partial charge is 0.376 e. The van der Waals surface area contributed by atoms with E-state index in [1.54, 1.807) is 12.1 Å². The second kappa shape index (κ2) is 8.48. The first-order valence-corrected chi connectivity index (χ1v) is 11.0. The first kappa shape index (κ1) is 21.0. The summed E-state index contributed by atoms with van der Waals surface area (Å²) in [6.07, 6.45) is 6.11. The Balaban J connectivity index is 1.78. The van der Waals surface area contributed by atoms with E-state index in [0.29, 0.717) is 5.02 Å². The van der Waals surface area contributed by atoms with Crippen molar-refractivity contribution in [1.82, 2.24) is 5.32 Å². The van der Waals surface area contributed by atoms with Gasteiger partial charge in [0, 0.05) is 24.5 Å². The van der Waals surface area contributed by atoms with Crippen molar-refractivity contribution in [2.45, 2.75) is 37.1 Å². The molecule has 2 fully saturated rings. The number of nitrogens with zero attached hydrogens (tertiary/aromatic N) is 2. The van der Waals surface area contributed by atoms with E-state index in [1.165, 1.54) is 0 Å². The first-order valence-electron chi connectivity index (χ1n) is 10.6. The van der Waals surface area contributed by atoms with Crippen molar-refractivity contribution in [2.24, 2.45) is 0 Å². The van der Waals surface area contributed by atoms with Crippen LogP contribution in [0.25, 0.3) is 0 Å². The average Bonchev–Trinajstić information content (AvgIpc) is 3.54. The second-order valence-corrected chi connectivity index (χ2v) is 8.98. The van der Waals surface area contributed by atoms with E-state index in [9.17, 15) is 4.39 Å². The van der Waals surface area contributed by atoms with Crippen LogP contribution in [-0.4, -0.2) is 33.2 Å². The Kier molecular flexibility index (Phi) is 5.94. The molecule has 30 heavy (non-hydrogen) atoms. The molecule has 0 amide bonds. The Labute approximate surface area is 183 Å².